The molecule has 6 nitrogen and oxygen atoms in total. The summed E-state index contributed by atoms with van der Waals surface area (Å²) < 4.78 is 5.75. The van der Waals surface area contributed by atoms with E-state index < -0.39 is 5.60 Å². The first-order chi connectivity index (χ1) is 12.3. The molecule has 0 N–H and O–H groups in total. The standard InChI is InChI=1S/C19H26N2O4S/c1-4-5-13(2)21-12-19(25-18(21)24)8-10-20(11-9-19)17(23)16-7-6-15(26-16)14(3)22/h6-7,13H,4-5,8-12H2,1-3H3. The summed E-state index contributed by atoms with van der Waals surface area (Å²) in [6.07, 6.45) is 3.08. The number of hydrogen-bond donors (Lipinski definition) is 0. The molecule has 1 unspecified atom stereocenters. The molecule has 0 saturated carbocycles. The van der Waals surface area contributed by atoms with Crippen molar-refractivity contribution in [3.05, 3.63) is 21.9 Å². The van der Waals surface area contributed by atoms with Crippen molar-refractivity contribution in [2.45, 2.75) is 58.1 Å². The number of rotatable bonds is 5. The summed E-state index contributed by atoms with van der Waals surface area (Å²) in [6, 6.07) is 3.61. The first-order valence-corrected chi connectivity index (χ1v) is 10.1. The molecule has 1 aromatic heterocycles. The molecular weight excluding hydrogens is 352 g/mol. The fourth-order valence-electron chi connectivity index (χ4n) is 3.74. The fourth-order valence-corrected chi connectivity index (χ4v) is 4.61. The van der Waals surface area contributed by atoms with Crippen LogP contribution in [0.2, 0.25) is 0 Å². The highest BCUT2D eigenvalue weighted by molar-refractivity contribution is 7.15. The van der Waals surface area contributed by atoms with Crippen LogP contribution < -0.4 is 0 Å². The van der Waals surface area contributed by atoms with Crippen LogP contribution in [0.15, 0.2) is 12.1 Å². The summed E-state index contributed by atoms with van der Waals surface area (Å²) in [5.74, 6) is -0.0660. The number of piperidine rings is 1. The molecule has 3 heterocycles. The van der Waals surface area contributed by atoms with E-state index in [1.54, 1.807) is 17.0 Å². The molecule has 1 spiro atoms. The van der Waals surface area contributed by atoms with E-state index in [9.17, 15) is 14.4 Å². The third kappa shape index (κ3) is 3.63. The highest BCUT2D eigenvalue weighted by Crippen LogP contribution is 2.35. The van der Waals surface area contributed by atoms with E-state index in [1.807, 2.05) is 4.90 Å². The van der Waals surface area contributed by atoms with Gasteiger partial charge in [0.25, 0.3) is 5.91 Å². The predicted molar refractivity (Wildman–Crippen MR) is 99.7 cm³/mol. The number of amides is 2. The van der Waals surface area contributed by atoms with Gasteiger partial charge in [0, 0.05) is 32.0 Å². The number of hydrogen-bond acceptors (Lipinski definition) is 5. The van der Waals surface area contributed by atoms with Gasteiger partial charge in [0.1, 0.15) is 5.60 Å². The molecule has 7 heteroatoms. The molecule has 2 saturated heterocycles. The summed E-state index contributed by atoms with van der Waals surface area (Å²) in [4.78, 5) is 41.2. The Bertz CT molecular complexity index is 706. The van der Waals surface area contributed by atoms with E-state index in [0.29, 0.717) is 42.2 Å². The van der Waals surface area contributed by atoms with Crippen LogP contribution in [0.3, 0.4) is 0 Å². The number of likely N-dealkylation sites (tertiary alicyclic amines) is 1. The number of carbonyl (C=O) groups is 3. The Morgan fingerprint density at radius 3 is 2.50 bits per heavy atom. The average molecular weight is 378 g/mol. The van der Waals surface area contributed by atoms with Gasteiger partial charge in [-0.15, -0.1) is 11.3 Å². The van der Waals surface area contributed by atoms with Crippen LogP contribution in [0.4, 0.5) is 4.79 Å². The van der Waals surface area contributed by atoms with E-state index in [-0.39, 0.29) is 23.8 Å². The molecule has 1 atom stereocenters. The number of thiophene rings is 1. The van der Waals surface area contributed by atoms with Gasteiger partial charge in [-0.3, -0.25) is 9.59 Å². The van der Waals surface area contributed by atoms with Gasteiger partial charge in [-0.2, -0.15) is 0 Å². The highest BCUT2D eigenvalue weighted by atomic mass is 32.1. The number of ketones is 1. The molecule has 2 aliphatic rings. The van der Waals surface area contributed by atoms with Crippen LogP contribution in [0.1, 0.15) is 65.8 Å². The first kappa shape index (κ1) is 18.9. The van der Waals surface area contributed by atoms with E-state index in [2.05, 4.69) is 13.8 Å². The fraction of sp³-hybridized carbons (Fsp3) is 0.632. The van der Waals surface area contributed by atoms with Crippen LogP contribution in [0.25, 0.3) is 0 Å². The van der Waals surface area contributed by atoms with E-state index in [4.69, 9.17) is 4.74 Å². The molecule has 3 rings (SSSR count). The van der Waals surface area contributed by atoms with Gasteiger partial charge in [-0.1, -0.05) is 13.3 Å². The third-order valence-corrected chi connectivity index (χ3v) is 6.54. The molecule has 26 heavy (non-hydrogen) atoms. The number of carbonyl (C=O) groups excluding carboxylic acids is 3. The summed E-state index contributed by atoms with van der Waals surface area (Å²) in [7, 11) is 0. The van der Waals surface area contributed by atoms with Gasteiger partial charge in [-0.25, -0.2) is 4.79 Å². The van der Waals surface area contributed by atoms with Crippen LogP contribution in [0.5, 0.6) is 0 Å². The lowest BCUT2D eigenvalue weighted by Gasteiger charge is -2.37. The van der Waals surface area contributed by atoms with E-state index >= 15 is 0 Å². The SMILES string of the molecule is CCCC(C)N1CC2(CCN(C(=O)c3ccc(C(C)=O)s3)CC2)OC1=O. The number of nitrogens with zero attached hydrogens (tertiary/aromatic N) is 2. The quantitative estimate of drug-likeness (QED) is 0.735. The molecule has 0 aliphatic carbocycles. The van der Waals surface area contributed by atoms with E-state index in [0.717, 1.165) is 12.8 Å². The van der Waals surface area contributed by atoms with Crippen molar-refractivity contribution in [2.75, 3.05) is 19.6 Å². The third-order valence-electron chi connectivity index (χ3n) is 5.36. The highest BCUT2D eigenvalue weighted by Gasteiger charge is 2.48. The average Bonchev–Trinajstić information content (AvgIpc) is 3.21. The Morgan fingerprint density at radius 2 is 1.92 bits per heavy atom. The van der Waals surface area contributed by atoms with Crippen molar-refractivity contribution in [3.8, 4) is 0 Å². The minimum atomic E-state index is -0.462. The lowest BCUT2D eigenvalue weighted by atomic mass is 9.91. The normalized spacial score (nSPS) is 20.3. The molecule has 2 fully saturated rings. The van der Waals surface area contributed by atoms with Crippen molar-refractivity contribution in [1.29, 1.82) is 0 Å². The minimum Gasteiger partial charge on any atom is -0.441 e. The second kappa shape index (κ2) is 7.39. The van der Waals surface area contributed by atoms with Gasteiger partial charge in [0.2, 0.25) is 0 Å². The first-order valence-electron chi connectivity index (χ1n) is 9.25. The zero-order chi connectivity index (χ0) is 18.9. The summed E-state index contributed by atoms with van der Waals surface area (Å²) in [5, 5.41) is 0. The molecule has 2 amide bonds. The Kier molecular flexibility index (Phi) is 5.37. The van der Waals surface area contributed by atoms with E-state index in [1.165, 1.54) is 18.3 Å². The van der Waals surface area contributed by atoms with Gasteiger partial charge < -0.3 is 14.5 Å². The molecule has 1 aromatic rings. The monoisotopic (exact) mass is 378 g/mol. The van der Waals surface area contributed by atoms with Crippen molar-refractivity contribution in [3.63, 3.8) is 0 Å². The summed E-state index contributed by atoms with van der Waals surface area (Å²) in [5.41, 5.74) is -0.462. The zero-order valence-corrected chi connectivity index (χ0v) is 16.4. The molecule has 0 radical (unpaired) electrons. The topological polar surface area (TPSA) is 66.9 Å². The Balaban J connectivity index is 1.61. The largest absolute Gasteiger partial charge is 0.441 e. The second-order valence-corrected chi connectivity index (χ2v) is 8.41. The van der Waals surface area contributed by atoms with Gasteiger partial charge in [0.05, 0.1) is 16.3 Å². The Hall–Kier alpha value is -1.89. The van der Waals surface area contributed by atoms with Gasteiger partial charge in [0.15, 0.2) is 5.78 Å². The molecule has 0 aromatic carbocycles. The van der Waals surface area contributed by atoms with Gasteiger partial charge in [-0.05, 0) is 32.4 Å². The smallest absolute Gasteiger partial charge is 0.410 e. The minimum absolute atomic E-state index is 0.0224. The Labute approximate surface area is 158 Å². The maximum atomic E-state index is 12.7. The Morgan fingerprint density at radius 1 is 1.27 bits per heavy atom. The van der Waals surface area contributed by atoms with Crippen molar-refractivity contribution in [2.24, 2.45) is 0 Å². The molecule has 2 aliphatic heterocycles. The number of Topliss-reactive ketones (excluding diaryl/α,β-unsaturated/α-hetero) is 1. The maximum Gasteiger partial charge on any atom is 0.410 e. The second-order valence-electron chi connectivity index (χ2n) is 7.33. The summed E-state index contributed by atoms with van der Waals surface area (Å²) in [6.45, 7) is 7.42. The van der Waals surface area contributed by atoms with Crippen LogP contribution >= 0.6 is 11.3 Å². The molecular formula is C19H26N2O4S. The maximum absolute atomic E-state index is 12.7. The summed E-state index contributed by atoms with van der Waals surface area (Å²) >= 11 is 1.24. The lowest BCUT2D eigenvalue weighted by molar-refractivity contribution is 0.00320. The molecule has 142 valence electrons. The van der Waals surface area contributed by atoms with Crippen molar-refractivity contribution < 1.29 is 19.1 Å². The van der Waals surface area contributed by atoms with Gasteiger partial charge >= 0.3 is 6.09 Å². The van der Waals surface area contributed by atoms with Crippen LogP contribution in [0, 0.1) is 0 Å². The van der Waals surface area contributed by atoms with Crippen LogP contribution in [-0.4, -0.2) is 58.9 Å². The molecule has 0 bridgehead atoms. The van der Waals surface area contributed by atoms with Crippen LogP contribution in [-0.2, 0) is 4.74 Å². The lowest BCUT2D eigenvalue weighted by Crippen LogP contribution is -2.49. The number of ether oxygens (including phenoxy) is 1. The predicted octanol–water partition coefficient (Wildman–Crippen LogP) is 3.57. The van der Waals surface area contributed by atoms with Crippen molar-refractivity contribution >= 4 is 29.1 Å². The van der Waals surface area contributed by atoms with Crippen molar-refractivity contribution in [1.82, 2.24) is 9.80 Å². The zero-order valence-electron chi connectivity index (χ0n) is 15.6.